The zero-order valence-corrected chi connectivity index (χ0v) is 5.59. The van der Waals surface area contributed by atoms with Crippen LogP contribution in [-0.2, 0) is 0 Å². The Labute approximate surface area is 51.0 Å². The maximum absolute atomic E-state index is 5.65. The zero-order valence-electron chi connectivity index (χ0n) is 3.25. The smallest absolute Gasteiger partial charge is 0.102 e. The molecule has 1 fully saturated rings. The van der Waals surface area contributed by atoms with E-state index in [0.29, 0.717) is 5.92 Å². The summed E-state index contributed by atoms with van der Waals surface area (Å²) in [5.41, 5.74) is 0. The van der Waals surface area contributed by atoms with Gasteiger partial charge in [0.25, 0.3) is 0 Å². The van der Waals surface area contributed by atoms with Crippen LogP contribution in [0.25, 0.3) is 0 Å². The first-order chi connectivity index (χ1) is 2.63. The van der Waals surface area contributed by atoms with Crippen LogP contribution in [0.4, 0.5) is 0 Å². The largest absolute Gasteiger partial charge is 0.106 e. The van der Waals surface area contributed by atoms with Crippen molar-refractivity contribution in [1.82, 2.24) is 0 Å². The molecule has 1 saturated carbocycles. The number of hydrogen-bond acceptors (Lipinski definition) is 0. The molecule has 1 aliphatic rings. The molecule has 1 rings (SSSR count). The van der Waals surface area contributed by atoms with Crippen molar-refractivity contribution in [2.45, 2.75) is 10.2 Å². The Morgan fingerprint density at radius 1 is 2.00 bits per heavy atom. The molecule has 2 heteroatoms. The Morgan fingerprint density at radius 2 is 2.17 bits per heavy atom. The minimum Gasteiger partial charge on any atom is -0.106 e. The van der Waals surface area contributed by atoms with Crippen LogP contribution >= 0.6 is 27.5 Å². The van der Waals surface area contributed by atoms with Crippen LogP contribution in [0.2, 0.25) is 0 Å². The van der Waals surface area contributed by atoms with Gasteiger partial charge in [-0.3, -0.25) is 0 Å². The van der Waals surface area contributed by atoms with Crippen molar-refractivity contribution < 1.29 is 0 Å². The Balaban J connectivity index is 2.41. The molecule has 0 aromatic heterocycles. The number of halogens is 2. The molecular weight excluding hydrogens is 163 g/mol. The highest BCUT2D eigenvalue weighted by molar-refractivity contribution is 9.10. The van der Waals surface area contributed by atoms with E-state index in [4.69, 9.17) is 11.6 Å². The normalized spacial score (nSPS) is 55.5. The second-order valence-electron chi connectivity index (χ2n) is 1.66. The fourth-order valence-electron chi connectivity index (χ4n) is 0.270. The third kappa shape index (κ3) is 0.710. The van der Waals surface area contributed by atoms with Gasteiger partial charge in [-0.2, -0.15) is 0 Å². The van der Waals surface area contributed by atoms with E-state index < -0.39 is 0 Å². The van der Waals surface area contributed by atoms with Crippen molar-refractivity contribution in [1.29, 1.82) is 0 Å². The molecule has 0 heterocycles. The predicted molar refractivity (Wildman–Crippen MR) is 31.0 cm³/mol. The van der Waals surface area contributed by atoms with Gasteiger partial charge < -0.3 is 0 Å². The lowest BCUT2D eigenvalue weighted by atomic mass is 10.5. The van der Waals surface area contributed by atoms with E-state index in [0.717, 1.165) is 6.42 Å². The summed E-state index contributed by atoms with van der Waals surface area (Å²) in [5, 5.41) is 0. The SMILES string of the molecule is [CH2]C1CC1(Cl)Br. The number of alkyl halides is 2. The van der Waals surface area contributed by atoms with Gasteiger partial charge in [0.1, 0.15) is 3.78 Å². The third-order valence-corrected chi connectivity index (χ3v) is 2.39. The molecule has 0 aromatic rings. The molecule has 1 aliphatic carbocycles. The molecule has 2 atom stereocenters. The zero-order chi connectivity index (χ0) is 4.78. The van der Waals surface area contributed by atoms with Crippen LogP contribution in [0.5, 0.6) is 0 Å². The predicted octanol–water partition coefficient (Wildman–Crippen LogP) is 2.17. The molecule has 6 heavy (non-hydrogen) atoms. The lowest BCUT2D eigenvalue weighted by Gasteiger charge is -1.85. The summed E-state index contributed by atoms with van der Waals surface area (Å²) in [5.74, 6) is 0.430. The van der Waals surface area contributed by atoms with Crippen molar-refractivity contribution in [3.63, 3.8) is 0 Å². The van der Waals surface area contributed by atoms with Crippen LogP contribution in [0, 0.1) is 12.8 Å². The minimum atomic E-state index is -0.118. The summed E-state index contributed by atoms with van der Waals surface area (Å²) in [6.45, 7) is 3.72. The second-order valence-corrected chi connectivity index (χ2v) is 4.21. The van der Waals surface area contributed by atoms with Crippen molar-refractivity contribution >= 4 is 27.5 Å². The first-order valence-corrected chi connectivity index (χ1v) is 3.01. The summed E-state index contributed by atoms with van der Waals surface area (Å²) in [7, 11) is 0. The number of hydrogen-bond donors (Lipinski definition) is 0. The summed E-state index contributed by atoms with van der Waals surface area (Å²) in [4.78, 5) is 0. The molecule has 0 aliphatic heterocycles. The van der Waals surface area contributed by atoms with Crippen LogP contribution in [0.1, 0.15) is 6.42 Å². The summed E-state index contributed by atoms with van der Waals surface area (Å²) >= 11 is 8.90. The topological polar surface area (TPSA) is 0 Å². The van der Waals surface area contributed by atoms with E-state index >= 15 is 0 Å². The Hall–Kier alpha value is 0.770. The van der Waals surface area contributed by atoms with Crippen LogP contribution in [-0.4, -0.2) is 3.78 Å². The van der Waals surface area contributed by atoms with E-state index in [1.165, 1.54) is 0 Å². The minimum absolute atomic E-state index is 0.118. The monoisotopic (exact) mass is 167 g/mol. The highest BCUT2D eigenvalue weighted by Gasteiger charge is 2.47. The molecule has 2 unspecified atom stereocenters. The maximum Gasteiger partial charge on any atom is 0.102 e. The molecule has 0 spiro atoms. The highest BCUT2D eigenvalue weighted by atomic mass is 79.9. The molecule has 35 valence electrons. The van der Waals surface area contributed by atoms with Gasteiger partial charge >= 0.3 is 0 Å². The standard InChI is InChI=1S/C4H5BrCl/c1-3-2-4(3,5)6/h3H,1-2H2. The van der Waals surface area contributed by atoms with E-state index in [-0.39, 0.29) is 3.78 Å². The van der Waals surface area contributed by atoms with E-state index in [1.807, 2.05) is 0 Å². The van der Waals surface area contributed by atoms with Crippen LogP contribution < -0.4 is 0 Å². The van der Waals surface area contributed by atoms with Gasteiger partial charge in [0.05, 0.1) is 0 Å². The molecule has 0 bridgehead atoms. The van der Waals surface area contributed by atoms with Gasteiger partial charge in [0, 0.05) is 0 Å². The Kier molecular flexibility index (Phi) is 0.928. The van der Waals surface area contributed by atoms with Gasteiger partial charge in [0.2, 0.25) is 0 Å². The summed E-state index contributed by atoms with van der Waals surface area (Å²) in [6.07, 6.45) is 1.01. The molecule has 0 amide bonds. The quantitative estimate of drug-likeness (QED) is 0.486. The number of rotatable bonds is 0. The molecule has 0 nitrogen and oxygen atoms in total. The van der Waals surface area contributed by atoms with E-state index in [2.05, 4.69) is 22.9 Å². The van der Waals surface area contributed by atoms with Gasteiger partial charge in [0.15, 0.2) is 0 Å². The molecule has 0 saturated heterocycles. The Bertz CT molecular complexity index is 69.9. The van der Waals surface area contributed by atoms with E-state index in [1.54, 1.807) is 0 Å². The lowest BCUT2D eigenvalue weighted by Crippen LogP contribution is -1.81. The van der Waals surface area contributed by atoms with Crippen LogP contribution in [0.3, 0.4) is 0 Å². The maximum atomic E-state index is 5.65. The van der Waals surface area contributed by atoms with Gasteiger partial charge in [-0.1, -0.05) is 15.9 Å². The van der Waals surface area contributed by atoms with E-state index in [9.17, 15) is 0 Å². The molecule has 1 radical (unpaired) electrons. The molecule has 0 aromatic carbocycles. The van der Waals surface area contributed by atoms with Crippen molar-refractivity contribution in [3.05, 3.63) is 6.92 Å². The fraction of sp³-hybridized carbons (Fsp3) is 0.750. The average molecular weight is 168 g/mol. The fourth-order valence-corrected chi connectivity index (χ4v) is 0.847. The average Bonchev–Trinajstić information content (AvgIpc) is 1.73. The highest BCUT2D eigenvalue weighted by Crippen LogP contribution is 2.53. The first kappa shape index (κ1) is 4.92. The van der Waals surface area contributed by atoms with Gasteiger partial charge in [-0.15, -0.1) is 11.6 Å². The lowest BCUT2D eigenvalue weighted by molar-refractivity contribution is 1.11. The van der Waals surface area contributed by atoms with Gasteiger partial charge in [-0.05, 0) is 19.3 Å². The Morgan fingerprint density at radius 3 is 2.17 bits per heavy atom. The summed E-state index contributed by atoms with van der Waals surface area (Å²) < 4.78 is -0.118. The third-order valence-electron chi connectivity index (χ3n) is 0.956. The first-order valence-electron chi connectivity index (χ1n) is 1.84. The van der Waals surface area contributed by atoms with Crippen molar-refractivity contribution in [3.8, 4) is 0 Å². The second kappa shape index (κ2) is 1.13. The van der Waals surface area contributed by atoms with Gasteiger partial charge in [-0.25, -0.2) is 0 Å². The van der Waals surface area contributed by atoms with Crippen molar-refractivity contribution in [2.75, 3.05) is 0 Å². The summed E-state index contributed by atoms with van der Waals surface area (Å²) in [6, 6.07) is 0. The molecule has 0 N–H and O–H groups in total. The molecular formula is C4H5BrCl. The van der Waals surface area contributed by atoms with Crippen molar-refractivity contribution in [2.24, 2.45) is 5.92 Å². The van der Waals surface area contributed by atoms with Crippen LogP contribution in [0.15, 0.2) is 0 Å².